The van der Waals surface area contributed by atoms with Crippen molar-refractivity contribution < 1.29 is 4.79 Å². The summed E-state index contributed by atoms with van der Waals surface area (Å²) in [6.07, 6.45) is 2.01. The summed E-state index contributed by atoms with van der Waals surface area (Å²) in [6, 6.07) is 18.7. The summed E-state index contributed by atoms with van der Waals surface area (Å²) >= 11 is 0. The molecule has 0 aliphatic rings. The molecule has 1 N–H and O–H groups in total. The zero-order valence-corrected chi connectivity index (χ0v) is 16.7. The highest BCUT2D eigenvalue weighted by atomic mass is 16.2. The minimum absolute atomic E-state index is 0.194. The third-order valence-electron chi connectivity index (χ3n) is 4.91. The maximum atomic E-state index is 13.2. The van der Waals surface area contributed by atoms with Crippen LogP contribution in [0.15, 0.2) is 65.5 Å². The number of nitrogens with one attached hydrogen (secondary N) is 1. The predicted molar refractivity (Wildman–Crippen MR) is 115 cm³/mol. The van der Waals surface area contributed by atoms with Crippen molar-refractivity contribution in [1.82, 2.24) is 4.57 Å². The normalized spacial score (nSPS) is 10.7. The molecule has 0 saturated carbocycles. The van der Waals surface area contributed by atoms with Gasteiger partial charge in [-0.3, -0.25) is 9.59 Å². The van der Waals surface area contributed by atoms with E-state index in [1.807, 2.05) is 68.4 Å². The molecule has 0 atom stereocenters. The van der Waals surface area contributed by atoms with E-state index in [2.05, 4.69) is 16.8 Å². The Morgan fingerprint density at radius 2 is 1.68 bits per heavy atom. The summed E-state index contributed by atoms with van der Waals surface area (Å²) < 4.78 is 2.10. The fourth-order valence-electron chi connectivity index (χ4n) is 3.43. The SMILES string of the molecule is CCCCn1c(C)cc(=O)c(C(=O)Nc2ccccc2)c1-c1ccccc1C. The summed E-state index contributed by atoms with van der Waals surface area (Å²) in [5.74, 6) is -0.375. The quantitative estimate of drug-likeness (QED) is 0.646. The minimum Gasteiger partial charge on any atom is -0.344 e. The highest BCUT2D eigenvalue weighted by Gasteiger charge is 2.22. The van der Waals surface area contributed by atoms with Gasteiger partial charge in [-0.2, -0.15) is 0 Å². The van der Waals surface area contributed by atoms with Crippen molar-refractivity contribution in [2.75, 3.05) is 5.32 Å². The Morgan fingerprint density at radius 3 is 2.36 bits per heavy atom. The van der Waals surface area contributed by atoms with Crippen molar-refractivity contribution in [3.8, 4) is 11.3 Å². The summed E-state index contributed by atoms with van der Waals surface area (Å²) in [4.78, 5) is 26.1. The Morgan fingerprint density at radius 1 is 1.00 bits per heavy atom. The third kappa shape index (κ3) is 4.06. The highest BCUT2D eigenvalue weighted by Crippen LogP contribution is 2.27. The van der Waals surface area contributed by atoms with E-state index >= 15 is 0 Å². The van der Waals surface area contributed by atoms with Crippen molar-refractivity contribution in [2.24, 2.45) is 0 Å². The van der Waals surface area contributed by atoms with Crippen LogP contribution in [0.2, 0.25) is 0 Å². The van der Waals surface area contributed by atoms with Crippen molar-refractivity contribution in [3.63, 3.8) is 0 Å². The number of unbranched alkanes of at least 4 members (excludes halogenated alkanes) is 1. The van der Waals surface area contributed by atoms with Crippen LogP contribution in [-0.4, -0.2) is 10.5 Å². The zero-order valence-electron chi connectivity index (χ0n) is 16.7. The van der Waals surface area contributed by atoms with Gasteiger partial charge in [0, 0.05) is 29.6 Å². The first-order valence-electron chi connectivity index (χ1n) is 9.69. The number of rotatable bonds is 6. The monoisotopic (exact) mass is 374 g/mol. The van der Waals surface area contributed by atoms with Gasteiger partial charge in [0.15, 0.2) is 5.43 Å². The number of para-hydroxylation sites is 1. The van der Waals surface area contributed by atoms with Gasteiger partial charge in [-0.1, -0.05) is 55.8 Å². The number of benzene rings is 2. The van der Waals surface area contributed by atoms with Crippen molar-refractivity contribution in [3.05, 3.63) is 87.7 Å². The molecule has 28 heavy (non-hydrogen) atoms. The molecule has 2 aromatic carbocycles. The fraction of sp³-hybridized carbons (Fsp3) is 0.250. The van der Waals surface area contributed by atoms with E-state index in [0.717, 1.165) is 36.2 Å². The molecule has 144 valence electrons. The largest absolute Gasteiger partial charge is 0.344 e. The lowest BCUT2D eigenvalue weighted by Crippen LogP contribution is -2.27. The van der Waals surface area contributed by atoms with Crippen LogP contribution in [0.4, 0.5) is 5.69 Å². The van der Waals surface area contributed by atoms with Crippen molar-refractivity contribution >= 4 is 11.6 Å². The average Bonchev–Trinajstić information content (AvgIpc) is 2.68. The molecule has 1 aromatic heterocycles. The van der Waals surface area contributed by atoms with E-state index in [0.29, 0.717) is 11.4 Å². The van der Waals surface area contributed by atoms with Crippen LogP contribution in [0.25, 0.3) is 11.3 Å². The maximum absolute atomic E-state index is 13.2. The van der Waals surface area contributed by atoms with Crippen molar-refractivity contribution in [2.45, 2.75) is 40.2 Å². The Kier molecular flexibility index (Phi) is 6.09. The maximum Gasteiger partial charge on any atom is 0.261 e. The van der Waals surface area contributed by atoms with Crippen LogP contribution in [0.1, 0.15) is 41.4 Å². The highest BCUT2D eigenvalue weighted by molar-refractivity contribution is 6.08. The average molecular weight is 374 g/mol. The molecule has 3 aromatic rings. The van der Waals surface area contributed by atoms with E-state index in [1.165, 1.54) is 0 Å². The molecule has 0 aliphatic carbocycles. The number of nitrogens with zero attached hydrogens (tertiary/aromatic N) is 1. The van der Waals surface area contributed by atoms with Crippen LogP contribution in [0, 0.1) is 13.8 Å². The van der Waals surface area contributed by atoms with Crippen LogP contribution >= 0.6 is 0 Å². The standard InChI is InChI=1S/C24H26N2O2/c1-4-5-15-26-18(3)16-21(27)22(23(26)20-14-10-9-11-17(20)2)24(28)25-19-12-7-6-8-13-19/h6-14,16H,4-5,15H2,1-3H3,(H,25,28). The van der Waals surface area contributed by atoms with Gasteiger partial charge in [0.2, 0.25) is 0 Å². The molecule has 0 unspecified atom stereocenters. The van der Waals surface area contributed by atoms with E-state index in [1.54, 1.807) is 6.07 Å². The number of carbonyl (C=O) groups is 1. The van der Waals surface area contributed by atoms with Gasteiger partial charge in [-0.05, 0) is 38.0 Å². The second-order valence-electron chi connectivity index (χ2n) is 7.01. The first-order chi connectivity index (χ1) is 13.5. The number of anilines is 1. The van der Waals surface area contributed by atoms with Gasteiger partial charge in [0.05, 0.1) is 5.69 Å². The lowest BCUT2D eigenvalue weighted by molar-refractivity contribution is 0.102. The van der Waals surface area contributed by atoms with E-state index in [-0.39, 0.29) is 16.9 Å². The molecule has 0 fully saturated rings. The molecule has 0 bridgehead atoms. The Bertz CT molecular complexity index is 1040. The molecule has 0 radical (unpaired) electrons. The Labute approximate surface area is 165 Å². The van der Waals surface area contributed by atoms with Crippen LogP contribution < -0.4 is 10.7 Å². The van der Waals surface area contributed by atoms with Crippen LogP contribution in [-0.2, 0) is 6.54 Å². The summed E-state index contributed by atoms with van der Waals surface area (Å²) in [5, 5.41) is 2.88. The number of aromatic nitrogens is 1. The molecule has 3 rings (SSSR count). The second-order valence-corrected chi connectivity index (χ2v) is 7.01. The number of pyridine rings is 1. The molecular weight excluding hydrogens is 348 g/mol. The molecular formula is C24H26N2O2. The van der Waals surface area contributed by atoms with Gasteiger partial charge in [0.25, 0.3) is 5.91 Å². The summed E-state index contributed by atoms with van der Waals surface area (Å²) in [7, 11) is 0. The smallest absolute Gasteiger partial charge is 0.261 e. The second kappa shape index (κ2) is 8.70. The molecule has 4 heteroatoms. The molecule has 0 saturated heterocycles. The Hall–Kier alpha value is -3.14. The number of hydrogen-bond acceptors (Lipinski definition) is 2. The number of hydrogen-bond donors (Lipinski definition) is 1. The third-order valence-corrected chi connectivity index (χ3v) is 4.91. The Balaban J connectivity index is 2.22. The minimum atomic E-state index is -0.375. The van der Waals surface area contributed by atoms with Crippen LogP contribution in [0.5, 0.6) is 0 Å². The van der Waals surface area contributed by atoms with E-state index in [9.17, 15) is 9.59 Å². The van der Waals surface area contributed by atoms with E-state index < -0.39 is 0 Å². The van der Waals surface area contributed by atoms with Crippen molar-refractivity contribution in [1.29, 1.82) is 0 Å². The molecule has 0 spiro atoms. The molecule has 1 amide bonds. The van der Waals surface area contributed by atoms with E-state index in [4.69, 9.17) is 0 Å². The number of aryl methyl sites for hydroxylation is 2. The molecule has 1 heterocycles. The summed E-state index contributed by atoms with van der Waals surface area (Å²) in [6.45, 7) is 6.83. The van der Waals surface area contributed by atoms with Gasteiger partial charge < -0.3 is 9.88 Å². The van der Waals surface area contributed by atoms with Crippen LogP contribution in [0.3, 0.4) is 0 Å². The molecule has 0 aliphatic heterocycles. The molecule has 4 nitrogen and oxygen atoms in total. The van der Waals surface area contributed by atoms with Gasteiger partial charge in [0.1, 0.15) is 5.56 Å². The number of carbonyl (C=O) groups excluding carboxylic acids is 1. The topological polar surface area (TPSA) is 51.1 Å². The van der Waals surface area contributed by atoms with Gasteiger partial charge >= 0.3 is 0 Å². The zero-order chi connectivity index (χ0) is 20.1. The predicted octanol–water partition coefficient (Wildman–Crippen LogP) is 5.18. The van der Waals surface area contributed by atoms with Gasteiger partial charge in [-0.15, -0.1) is 0 Å². The fourth-order valence-corrected chi connectivity index (χ4v) is 3.43. The lowest BCUT2D eigenvalue weighted by Gasteiger charge is -2.21. The summed E-state index contributed by atoms with van der Waals surface area (Å²) in [5.41, 5.74) is 4.13. The lowest BCUT2D eigenvalue weighted by atomic mass is 9.98. The number of amides is 1. The first-order valence-corrected chi connectivity index (χ1v) is 9.69. The first kappa shape index (κ1) is 19.6. The van der Waals surface area contributed by atoms with Gasteiger partial charge in [-0.25, -0.2) is 0 Å².